The van der Waals surface area contributed by atoms with Gasteiger partial charge in [0.1, 0.15) is 0 Å². The summed E-state index contributed by atoms with van der Waals surface area (Å²) < 4.78 is 0. The lowest BCUT2D eigenvalue weighted by molar-refractivity contribution is -0.137. The normalized spacial score (nSPS) is 18.9. The zero-order chi connectivity index (χ0) is 11.1. The number of carboxylic acid groups (broad SMARTS) is 1. The van der Waals surface area contributed by atoms with Crippen molar-refractivity contribution in [1.29, 1.82) is 0 Å². The fourth-order valence-electron chi connectivity index (χ4n) is 2.72. The number of aromatic nitrogens is 1. The van der Waals surface area contributed by atoms with Crippen molar-refractivity contribution in [3.05, 3.63) is 35.5 Å². The maximum absolute atomic E-state index is 10.8. The Morgan fingerprint density at radius 1 is 1.44 bits per heavy atom. The molecule has 3 heteroatoms. The van der Waals surface area contributed by atoms with Crippen LogP contribution in [0.4, 0.5) is 0 Å². The maximum Gasteiger partial charge on any atom is 0.304 e. The first-order valence-electron chi connectivity index (χ1n) is 5.57. The van der Waals surface area contributed by atoms with Crippen molar-refractivity contribution in [2.45, 2.75) is 25.2 Å². The largest absolute Gasteiger partial charge is 0.481 e. The van der Waals surface area contributed by atoms with E-state index in [4.69, 9.17) is 5.11 Å². The number of H-pyrrole nitrogens is 1. The Hall–Kier alpha value is -1.77. The van der Waals surface area contributed by atoms with E-state index in [0.717, 1.165) is 24.1 Å². The van der Waals surface area contributed by atoms with Gasteiger partial charge >= 0.3 is 5.97 Å². The van der Waals surface area contributed by atoms with Gasteiger partial charge in [-0.25, -0.2) is 0 Å². The lowest BCUT2D eigenvalue weighted by Gasteiger charge is -2.05. The minimum atomic E-state index is -0.712. The molecule has 2 N–H and O–H groups in total. The molecule has 1 aliphatic carbocycles. The van der Waals surface area contributed by atoms with Crippen LogP contribution in [0.25, 0.3) is 10.9 Å². The lowest BCUT2D eigenvalue weighted by atomic mass is 10.0. The molecular weight excluding hydrogens is 202 g/mol. The third-order valence-corrected chi connectivity index (χ3v) is 3.42. The summed E-state index contributed by atoms with van der Waals surface area (Å²) in [5, 5.41) is 10.1. The summed E-state index contributed by atoms with van der Waals surface area (Å²) in [6.07, 6.45) is 2.19. The van der Waals surface area contributed by atoms with E-state index >= 15 is 0 Å². The first-order chi connectivity index (χ1) is 7.75. The molecule has 0 aliphatic heterocycles. The number of benzene rings is 1. The van der Waals surface area contributed by atoms with E-state index in [0.29, 0.717) is 0 Å². The van der Waals surface area contributed by atoms with Crippen LogP contribution in [0.1, 0.15) is 30.0 Å². The van der Waals surface area contributed by atoms with Crippen molar-refractivity contribution in [3.63, 3.8) is 0 Å². The van der Waals surface area contributed by atoms with Gasteiger partial charge in [0.2, 0.25) is 0 Å². The number of hydrogen-bond donors (Lipinski definition) is 2. The average molecular weight is 215 g/mol. The van der Waals surface area contributed by atoms with Crippen LogP contribution in [0, 0.1) is 0 Å². The van der Waals surface area contributed by atoms with Crippen molar-refractivity contribution >= 4 is 16.9 Å². The number of carbonyl (C=O) groups is 1. The highest BCUT2D eigenvalue weighted by Gasteiger charge is 2.27. The molecule has 0 saturated heterocycles. The zero-order valence-electron chi connectivity index (χ0n) is 8.86. The second kappa shape index (κ2) is 3.37. The van der Waals surface area contributed by atoms with Gasteiger partial charge in [-0.15, -0.1) is 0 Å². The Bertz CT molecular complexity index is 556. The number of rotatable bonds is 2. The van der Waals surface area contributed by atoms with Crippen molar-refractivity contribution in [2.24, 2.45) is 0 Å². The summed E-state index contributed by atoms with van der Waals surface area (Å²) in [6, 6.07) is 8.18. The molecular formula is C13H13NO2. The zero-order valence-corrected chi connectivity index (χ0v) is 8.86. The van der Waals surface area contributed by atoms with Crippen LogP contribution < -0.4 is 0 Å². The smallest absolute Gasteiger partial charge is 0.304 e. The fraction of sp³-hybridized carbons (Fsp3) is 0.308. The van der Waals surface area contributed by atoms with E-state index in [-0.39, 0.29) is 12.3 Å². The number of aliphatic carboxylic acids is 1. The van der Waals surface area contributed by atoms with Crippen molar-refractivity contribution in [1.82, 2.24) is 4.98 Å². The summed E-state index contributed by atoms with van der Waals surface area (Å²) in [4.78, 5) is 14.1. The molecule has 82 valence electrons. The Morgan fingerprint density at radius 2 is 2.25 bits per heavy atom. The number of carboxylic acids is 1. The number of hydrogen-bond acceptors (Lipinski definition) is 1. The van der Waals surface area contributed by atoms with Crippen LogP contribution in [0.3, 0.4) is 0 Å². The minimum Gasteiger partial charge on any atom is -0.481 e. The summed E-state index contributed by atoms with van der Waals surface area (Å²) in [7, 11) is 0. The molecule has 0 saturated carbocycles. The van der Waals surface area contributed by atoms with Crippen LogP contribution in [-0.4, -0.2) is 16.1 Å². The summed E-state index contributed by atoms with van der Waals surface area (Å²) in [5.74, 6) is -0.545. The van der Waals surface area contributed by atoms with Crippen LogP contribution in [0.5, 0.6) is 0 Å². The predicted molar refractivity (Wildman–Crippen MR) is 61.6 cm³/mol. The minimum absolute atomic E-state index is 0.167. The summed E-state index contributed by atoms with van der Waals surface area (Å²) >= 11 is 0. The average Bonchev–Trinajstić information content (AvgIpc) is 2.78. The van der Waals surface area contributed by atoms with E-state index in [9.17, 15) is 4.79 Å². The highest BCUT2D eigenvalue weighted by Crippen LogP contribution is 2.39. The molecule has 0 unspecified atom stereocenters. The number of nitrogens with one attached hydrogen (secondary N) is 1. The molecule has 1 aromatic heterocycles. The molecule has 0 spiro atoms. The molecule has 3 nitrogen and oxygen atoms in total. The third-order valence-electron chi connectivity index (χ3n) is 3.42. The van der Waals surface area contributed by atoms with Gasteiger partial charge in [0, 0.05) is 22.5 Å². The van der Waals surface area contributed by atoms with Gasteiger partial charge in [-0.3, -0.25) is 4.79 Å². The topological polar surface area (TPSA) is 53.1 Å². The third kappa shape index (κ3) is 1.32. The van der Waals surface area contributed by atoms with E-state index in [1.165, 1.54) is 10.9 Å². The maximum atomic E-state index is 10.8. The quantitative estimate of drug-likeness (QED) is 0.809. The molecule has 1 atom stereocenters. The second-order valence-corrected chi connectivity index (χ2v) is 4.40. The summed E-state index contributed by atoms with van der Waals surface area (Å²) in [6.45, 7) is 0. The van der Waals surface area contributed by atoms with Gasteiger partial charge < -0.3 is 10.1 Å². The molecule has 0 radical (unpaired) electrons. The number of fused-ring (bicyclic) bond motifs is 3. The molecule has 0 amide bonds. The predicted octanol–water partition coefficient (Wildman–Crippen LogP) is 2.67. The Kier molecular flexibility index (Phi) is 1.99. The van der Waals surface area contributed by atoms with Gasteiger partial charge in [-0.1, -0.05) is 18.2 Å². The second-order valence-electron chi connectivity index (χ2n) is 4.40. The van der Waals surface area contributed by atoms with Gasteiger partial charge in [0.05, 0.1) is 6.42 Å². The SMILES string of the molecule is O=C(O)C[C@@H]1CCc2c1[nH]c1ccccc21. The molecule has 1 heterocycles. The fourth-order valence-corrected chi connectivity index (χ4v) is 2.72. The monoisotopic (exact) mass is 215 g/mol. The van der Waals surface area contributed by atoms with Crippen LogP contribution >= 0.6 is 0 Å². The van der Waals surface area contributed by atoms with Gasteiger partial charge in [-0.05, 0) is 24.5 Å². The first-order valence-corrected chi connectivity index (χ1v) is 5.57. The number of aromatic amines is 1. The number of aryl methyl sites for hydroxylation is 1. The van der Waals surface area contributed by atoms with Crippen LogP contribution in [0.15, 0.2) is 24.3 Å². The van der Waals surface area contributed by atoms with E-state index < -0.39 is 5.97 Å². The van der Waals surface area contributed by atoms with E-state index in [1.807, 2.05) is 18.2 Å². The molecule has 1 aromatic carbocycles. The van der Waals surface area contributed by atoms with Crippen molar-refractivity contribution in [3.8, 4) is 0 Å². The van der Waals surface area contributed by atoms with Crippen LogP contribution in [0.2, 0.25) is 0 Å². The number of para-hydroxylation sites is 1. The summed E-state index contributed by atoms with van der Waals surface area (Å²) in [5.41, 5.74) is 3.59. The molecule has 16 heavy (non-hydrogen) atoms. The van der Waals surface area contributed by atoms with Crippen molar-refractivity contribution in [2.75, 3.05) is 0 Å². The molecule has 1 aliphatic rings. The van der Waals surface area contributed by atoms with E-state index in [1.54, 1.807) is 0 Å². The van der Waals surface area contributed by atoms with Crippen LogP contribution in [-0.2, 0) is 11.2 Å². The van der Waals surface area contributed by atoms with Gasteiger partial charge in [-0.2, -0.15) is 0 Å². The Labute approximate surface area is 93.1 Å². The lowest BCUT2D eigenvalue weighted by Crippen LogP contribution is -2.03. The highest BCUT2D eigenvalue weighted by atomic mass is 16.4. The van der Waals surface area contributed by atoms with Crippen molar-refractivity contribution < 1.29 is 9.90 Å². The molecule has 0 fully saturated rings. The Morgan fingerprint density at radius 3 is 3.06 bits per heavy atom. The first kappa shape index (κ1) is 9.46. The highest BCUT2D eigenvalue weighted by molar-refractivity contribution is 5.85. The van der Waals surface area contributed by atoms with Gasteiger partial charge in [0.15, 0.2) is 0 Å². The molecule has 3 rings (SSSR count). The standard InChI is InChI=1S/C13H13NO2/c15-12(16)7-8-5-6-10-9-3-1-2-4-11(9)14-13(8)10/h1-4,8,14H,5-7H2,(H,15,16)/t8-/m0/s1. The Balaban J connectivity index is 2.08. The van der Waals surface area contributed by atoms with E-state index in [2.05, 4.69) is 11.1 Å². The van der Waals surface area contributed by atoms with Gasteiger partial charge in [0.25, 0.3) is 0 Å². The molecule has 2 aromatic rings. The molecule has 0 bridgehead atoms.